The lowest BCUT2D eigenvalue weighted by molar-refractivity contribution is 0.474. The van der Waals surface area contributed by atoms with Crippen molar-refractivity contribution in [1.29, 1.82) is 0 Å². The molecule has 0 aromatic heterocycles. The fraction of sp³-hybridized carbons (Fsp3) is 0.143. The Labute approximate surface area is 125 Å². The van der Waals surface area contributed by atoms with E-state index in [-0.39, 0.29) is 0 Å². The topological polar surface area (TPSA) is 21.3 Å². The molecule has 1 N–H and O–H groups in total. The zero-order chi connectivity index (χ0) is 13.0. The van der Waals surface area contributed by atoms with Crippen molar-refractivity contribution < 1.29 is 4.74 Å². The summed E-state index contributed by atoms with van der Waals surface area (Å²) in [6.07, 6.45) is 0. The van der Waals surface area contributed by atoms with Crippen molar-refractivity contribution in [3.05, 3.63) is 56.6 Å². The van der Waals surface area contributed by atoms with E-state index in [1.165, 1.54) is 3.57 Å². The van der Waals surface area contributed by atoms with E-state index in [2.05, 4.69) is 27.9 Å². The van der Waals surface area contributed by atoms with Gasteiger partial charge in [0.2, 0.25) is 0 Å². The number of hydrogen-bond acceptors (Lipinski definition) is 2. The smallest absolute Gasteiger partial charge is 0.133 e. The second-order valence-corrected chi connectivity index (χ2v) is 5.52. The molecule has 0 heterocycles. The van der Waals surface area contributed by atoms with Gasteiger partial charge in [0.25, 0.3) is 0 Å². The maximum absolute atomic E-state index is 6.01. The summed E-state index contributed by atoms with van der Waals surface area (Å²) in [5.41, 5.74) is 1.08. The maximum Gasteiger partial charge on any atom is 0.133 e. The Bertz CT molecular complexity index is 528. The first-order chi connectivity index (χ1) is 8.69. The molecule has 18 heavy (non-hydrogen) atoms. The molecule has 0 aliphatic rings. The second kappa shape index (κ2) is 6.41. The van der Waals surface area contributed by atoms with Crippen molar-refractivity contribution in [1.82, 2.24) is 5.32 Å². The minimum absolute atomic E-state index is 0.676. The molecule has 2 rings (SSSR count). The first-order valence-electron chi connectivity index (χ1n) is 5.55. The van der Waals surface area contributed by atoms with Crippen molar-refractivity contribution in [2.75, 3.05) is 7.05 Å². The molecule has 0 amide bonds. The van der Waals surface area contributed by atoms with Gasteiger partial charge in [-0.1, -0.05) is 17.7 Å². The van der Waals surface area contributed by atoms with Crippen LogP contribution >= 0.6 is 34.2 Å². The summed E-state index contributed by atoms with van der Waals surface area (Å²) >= 11 is 8.27. The third kappa shape index (κ3) is 3.60. The summed E-state index contributed by atoms with van der Waals surface area (Å²) in [5, 5.41) is 3.79. The molecule has 2 aromatic rings. The molecule has 0 aliphatic carbocycles. The van der Waals surface area contributed by atoms with Crippen LogP contribution in [0.2, 0.25) is 5.02 Å². The van der Waals surface area contributed by atoms with Gasteiger partial charge in [-0.3, -0.25) is 0 Å². The fourth-order valence-electron chi connectivity index (χ4n) is 1.59. The minimum atomic E-state index is 0.676. The first kappa shape index (κ1) is 13.6. The van der Waals surface area contributed by atoms with Crippen LogP contribution in [-0.4, -0.2) is 7.05 Å². The van der Waals surface area contributed by atoms with Crippen LogP contribution in [0.5, 0.6) is 11.5 Å². The second-order valence-electron chi connectivity index (χ2n) is 3.84. The molecule has 0 atom stereocenters. The Balaban J connectivity index is 2.26. The standard InChI is InChI=1S/C14H13ClINO/c1-17-9-10-2-3-11(15)8-14(10)18-13-6-4-12(16)5-7-13/h2-8,17H,9H2,1H3. The molecule has 0 aliphatic heterocycles. The van der Waals surface area contributed by atoms with Crippen LogP contribution in [0.4, 0.5) is 0 Å². The van der Waals surface area contributed by atoms with Gasteiger partial charge < -0.3 is 10.1 Å². The summed E-state index contributed by atoms with van der Waals surface area (Å²) < 4.78 is 7.05. The van der Waals surface area contributed by atoms with Gasteiger partial charge in [-0.15, -0.1) is 0 Å². The summed E-state index contributed by atoms with van der Waals surface area (Å²) in [4.78, 5) is 0. The Hall–Kier alpha value is -0.780. The van der Waals surface area contributed by atoms with E-state index in [4.69, 9.17) is 16.3 Å². The van der Waals surface area contributed by atoms with Gasteiger partial charge in [0.05, 0.1) is 0 Å². The van der Waals surface area contributed by atoms with E-state index in [0.29, 0.717) is 5.02 Å². The van der Waals surface area contributed by atoms with E-state index in [1.54, 1.807) is 0 Å². The molecular formula is C14H13ClINO. The third-order valence-corrected chi connectivity index (χ3v) is 3.39. The summed E-state index contributed by atoms with van der Waals surface area (Å²) in [6.45, 7) is 0.747. The zero-order valence-electron chi connectivity index (χ0n) is 9.91. The highest BCUT2D eigenvalue weighted by Gasteiger charge is 2.05. The highest BCUT2D eigenvalue weighted by molar-refractivity contribution is 14.1. The van der Waals surface area contributed by atoms with Gasteiger partial charge in [-0.2, -0.15) is 0 Å². The van der Waals surface area contributed by atoms with Gasteiger partial charge in [-0.05, 0) is 66.0 Å². The third-order valence-electron chi connectivity index (χ3n) is 2.44. The van der Waals surface area contributed by atoms with Gasteiger partial charge in [0, 0.05) is 20.7 Å². The van der Waals surface area contributed by atoms with Crippen molar-refractivity contribution in [2.45, 2.75) is 6.54 Å². The lowest BCUT2D eigenvalue weighted by Gasteiger charge is -2.11. The molecule has 0 saturated heterocycles. The number of ether oxygens (including phenoxy) is 1. The van der Waals surface area contributed by atoms with Crippen molar-refractivity contribution in [3.8, 4) is 11.5 Å². The highest BCUT2D eigenvalue weighted by atomic mass is 127. The number of rotatable bonds is 4. The number of hydrogen-bond donors (Lipinski definition) is 1. The maximum atomic E-state index is 6.01. The first-order valence-corrected chi connectivity index (χ1v) is 7.01. The fourth-order valence-corrected chi connectivity index (χ4v) is 2.11. The van der Waals surface area contributed by atoms with Gasteiger partial charge in [0.15, 0.2) is 0 Å². The van der Waals surface area contributed by atoms with E-state index >= 15 is 0 Å². The van der Waals surface area contributed by atoms with Crippen LogP contribution < -0.4 is 10.1 Å². The number of halogens is 2. The number of nitrogens with one attached hydrogen (secondary N) is 1. The lowest BCUT2D eigenvalue weighted by Crippen LogP contribution is -2.06. The average molecular weight is 374 g/mol. The van der Waals surface area contributed by atoms with Crippen molar-refractivity contribution >= 4 is 34.2 Å². The van der Waals surface area contributed by atoms with Gasteiger partial charge in [-0.25, -0.2) is 0 Å². The van der Waals surface area contributed by atoms with E-state index in [1.807, 2.05) is 49.5 Å². The molecule has 94 valence electrons. The van der Waals surface area contributed by atoms with Gasteiger partial charge in [0.1, 0.15) is 11.5 Å². The molecule has 0 unspecified atom stereocenters. The van der Waals surface area contributed by atoms with Crippen molar-refractivity contribution in [3.63, 3.8) is 0 Å². The monoisotopic (exact) mass is 373 g/mol. The van der Waals surface area contributed by atoms with E-state index in [0.717, 1.165) is 23.6 Å². The SMILES string of the molecule is CNCc1ccc(Cl)cc1Oc1ccc(I)cc1. The van der Waals surface area contributed by atoms with Crippen LogP contribution in [0, 0.1) is 3.57 Å². The Kier molecular flexibility index (Phi) is 4.86. The summed E-state index contributed by atoms with van der Waals surface area (Å²) in [7, 11) is 1.91. The Morgan fingerprint density at radius 2 is 1.89 bits per heavy atom. The minimum Gasteiger partial charge on any atom is -0.457 e. The van der Waals surface area contributed by atoms with Crippen LogP contribution in [-0.2, 0) is 6.54 Å². The van der Waals surface area contributed by atoms with E-state index in [9.17, 15) is 0 Å². The largest absolute Gasteiger partial charge is 0.457 e. The van der Waals surface area contributed by atoms with Crippen LogP contribution in [0.3, 0.4) is 0 Å². The molecule has 0 fully saturated rings. The highest BCUT2D eigenvalue weighted by Crippen LogP contribution is 2.28. The molecule has 0 radical (unpaired) electrons. The molecule has 4 heteroatoms. The van der Waals surface area contributed by atoms with Crippen LogP contribution in [0.25, 0.3) is 0 Å². The molecular weight excluding hydrogens is 361 g/mol. The van der Waals surface area contributed by atoms with E-state index < -0.39 is 0 Å². The Morgan fingerprint density at radius 3 is 2.56 bits per heavy atom. The quantitative estimate of drug-likeness (QED) is 0.799. The molecule has 0 bridgehead atoms. The van der Waals surface area contributed by atoms with Crippen molar-refractivity contribution in [2.24, 2.45) is 0 Å². The Morgan fingerprint density at radius 1 is 1.17 bits per heavy atom. The molecule has 2 nitrogen and oxygen atoms in total. The van der Waals surface area contributed by atoms with Gasteiger partial charge >= 0.3 is 0 Å². The summed E-state index contributed by atoms with van der Waals surface area (Å²) in [6, 6.07) is 13.6. The van der Waals surface area contributed by atoms with Crippen LogP contribution in [0.1, 0.15) is 5.56 Å². The molecule has 0 spiro atoms. The summed E-state index contributed by atoms with van der Waals surface area (Å²) in [5.74, 6) is 1.60. The molecule has 2 aromatic carbocycles. The molecule has 0 saturated carbocycles. The predicted octanol–water partition coefficient (Wildman–Crippen LogP) is 4.46. The zero-order valence-corrected chi connectivity index (χ0v) is 12.8. The number of benzene rings is 2. The predicted molar refractivity (Wildman–Crippen MR) is 83.4 cm³/mol. The normalized spacial score (nSPS) is 10.4. The average Bonchev–Trinajstić information content (AvgIpc) is 2.36. The van der Waals surface area contributed by atoms with Crippen LogP contribution in [0.15, 0.2) is 42.5 Å². The lowest BCUT2D eigenvalue weighted by atomic mass is 10.2.